The molecule has 3 heterocycles. The molecule has 0 aliphatic carbocycles. The molecule has 1 aliphatic rings. The molecule has 1 fully saturated rings. The van der Waals surface area contributed by atoms with E-state index in [0.717, 1.165) is 42.8 Å². The van der Waals surface area contributed by atoms with E-state index in [2.05, 4.69) is 10.3 Å². The molecular weight excluding hydrogens is 495 g/mol. The number of aryl methyl sites for hydroxylation is 2. The summed E-state index contributed by atoms with van der Waals surface area (Å²) in [5.74, 6) is -2.89. The maximum atomic E-state index is 12.3. The van der Waals surface area contributed by atoms with E-state index in [0.29, 0.717) is 29.9 Å². The predicted octanol–water partition coefficient (Wildman–Crippen LogP) is 6.23. The van der Waals surface area contributed by atoms with Crippen LogP contribution in [0.2, 0.25) is 0 Å². The number of hydrogen-bond donors (Lipinski definition) is 1. The van der Waals surface area contributed by atoms with Crippen molar-refractivity contribution < 1.29 is 22.8 Å². The lowest BCUT2D eigenvalue weighted by Crippen LogP contribution is -2.43. The molecule has 38 heavy (non-hydrogen) atoms. The normalized spacial score (nSPS) is 13.8. The molecule has 10 heteroatoms. The Morgan fingerprint density at radius 2 is 1.79 bits per heavy atom. The number of alkyl halides is 3. The molecule has 7 nitrogen and oxygen atoms in total. The third-order valence-corrected chi connectivity index (χ3v) is 6.19. The van der Waals surface area contributed by atoms with Crippen LogP contribution >= 0.6 is 0 Å². The highest BCUT2D eigenvalue weighted by Gasteiger charge is 2.43. The van der Waals surface area contributed by atoms with E-state index in [4.69, 9.17) is 5.26 Å². The van der Waals surface area contributed by atoms with Gasteiger partial charge >= 0.3 is 6.18 Å². The Kier molecular flexibility index (Phi) is 10.9. The van der Waals surface area contributed by atoms with Crippen LogP contribution < -0.4 is 5.32 Å². The maximum Gasteiger partial charge on any atom is 0.400 e. The van der Waals surface area contributed by atoms with Gasteiger partial charge in [-0.1, -0.05) is 19.9 Å². The number of carbonyl (C=O) groups excluding carboxylic acids is 2. The number of benzene rings is 1. The lowest BCUT2D eigenvalue weighted by Gasteiger charge is -2.29. The van der Waals surface area contributed by atoms with Gasteiger partial charge in [-0.05, 0) is 62.9 Å². The number of piperidine rings is 1. The molecule has 1 unspecified atom stereocenters. The molecule has 2 aromatic heterocycles. The smallest absolute Gasteiger partial charge is 0.342 e. The van der Waals surface area contributed by atoms with Gasteiger partial charge in [0.25, 0.3) is 5.91 Å². The molecule has 3 aromatic rings. The number of hydrogen-bond acceptors (Lipinski definition) is 4. The van der Waals surface area contributed by atoms with Crippen LogP contribution in [0.5, 0.6) is 0 Å². The van der Waals surface area contributed by atoms with Crippen molar-refractivity contribution in [2.75, 3.05) is 18.4 Å². The molecule has 0 saturated carbocycles. The van der Waals surface area contributed by atoms with Crippen molar-refractivity contribution in [3.63, 3.8) is 0 Å². The topological polar surface area (TPSA) is 91.0 Å². The highest BCUT2D eigenvalue weighted by atomic mass is 19.4. The van der Waals surface area contributed by atoms with Crippen molar-refractivity contribution in [1.82, 2.24) is 14.5 Å². The van der Waals surface area contributed by atoms with Crippen molar-refractivity contribution in [2.45, 2.75) is 53.1 Å². The van der Waals surface area contributed by atoms with Gasteiger partial charge in [0.05, 0.1) is 23.5 Å². The van der Waals surface area contributed by atoms with E-state index in [1.807, 2.05) is 50.7 Å². The van der Waals surface area contributed by atoms with Crippen LogP contribution in [0.15, 0.2) is 42.7 Å². The summed E-state index contributed by atoms with van der Waals surface area (Å²) in [6, 6.07) is 10.6. The van der Waals surface area contributed by atoms with Gasteiger partial charge in [0, 0.05) is 37.3 Å². The number of nitrogens with one attached hydrogen (secondary N) is 1. The molecule has 4 rings (SSSR count). The Balaban J connectivity index is 0.000000274. The number of fused-ring (bicyclic) bond motifs is 1. The van der Waals surface area contributed by atoms with Crippen LogP contribution in [0.3, 0.4) is 0 Å². The summed E-state index contributed by atoms with van der Waals surface area (Å²) in [5.41, 5.74) is 3.43. The summed E-state index contributed by atoms with van der Waals surface area (Å²) >= 11 is 0. The molecule has 1 aromatic carbocycles. The summed E-state index contributed by atoms with van der Waals surface area (Å²) < 4.78 is 38.6. The number of aromatic nitrogens is 2. The first-order chi connectivity index (χ1) is 18.0. The van der Waals surface area contributed by atoms with Gasteiger partial charge in [0.2, 0.25) is 5.91 Å². The van der Waals surface area contributed by atoms with Crippen LogP contribution in [0.1, 0.15) is 61.5 Å². The minimum atomic E-state index is -4.41. The fourth-order valence-corrected chi connectivity index (χ4v) is 3.92. The third-order valence-electron chi connectivity index (χ3n) is 6.19. The fourth-order valence-electron chi connectivity index (χ4n) is 3.92. The SMILES string of the molecule is CC.CC(C(=O)N1CCCCC1)C(F)(F)F.Cc1c(NC(=O)c2cccc(C#N)c2)cnc2c1ccn2C. The summed E-state index contributed by atoms with van der Waals surface area (Å²) in [6.45, 7) is 7.82. The molecule has 1 atom stereocenters. The van der Waals surface area contributed by atoms with Crippen LogP contribution in [-0.4, -0.2) is 45.5 Å². The van der Waals surface area contributed by atoms with Crippen LogP contribution in [0, 0.1) is 24.2 Å². The lowest BCUT2D eigenvalue weighted by molar-refractivity contribution is -0.185. The number of amides is 2. The lowest BCUT2D eigenvalue weighted by atomic mass is 10.1. The van der Waals surface area contributed by atoms with E-state index >= 15 is 0 Å². The molecule has 0 radical (unpaired) electrons. The van der Waals surface area contributed by atoms with Gasteiger partial charge < -0.3 is 14.8 Å². The number of likely N-dealkylation sites (tertiary alicyclic amines) is 1. The standard InChI is InChI=1S/C17H14N4O.C9H14F3NO.C2H6/c1-11-14-6-7-21(2)16(14)19-10-15(11)20-17(22)13-5-3-4-12(8-13)9-18;1-7(9(10,11)12)8(14)13-5-3-2-4-6-13;1-2/h3-8,10H,1-2H3,(H,20,22);7H,2-6H2,1H3;1-2H3. The molecular formula is C28H34F3N5O2. The second-order valence-electron chi connectivity index (χ2n) is 8.76. The molecule has 204 valence electrons. The number of nitriles is 1. The second-order valence-corrected chi connectivity index (χ2v) is 8.76. The maximum absolute atomic E-state index is 12.3. The molecule has 0 spiro atoms. The van der Waals surface area contributed by atoms with Gasteiger partial charge in [0.15, 0.2) is 0 Å². The minimum absolute atomic E-state index is 0.253. The van der Waals surface area contributed by atoms with E-state index in [-0.39, 0.29) is 5.91 Å². The highest BCUT2D eigenvalue weighted by molar-refractivity contribution is 6.05. The Morgan fingerprint density at radius 1 is 1.13 bits per heavy atom. The number of rotatable bonds is 3. The zero-order valence-corrected chi connectivity index (χ0v) is 22.4. The zero-order chi connectivity index (χ0) is 28.5. The largest absolute Gasteiger partial charge is 0.400 e. The van der Waals surface area contributed by atoms with Crippen molar-refractivity contribution in [1.29, 1.82) is 5.26 Å². The number of pyridine rings is 1. The van der Waals surface area contributed by atoms with Crippen LogP contribution in [0.25, 0.3) is 11.0 Å². The first kappa shape index (κ1) is 30.4. The highest BCUT2D eigenvalue weighted by Crippen LogP contribution is 2.28. The summed E-state index contributed by atoms with van der Waals surface area (Å²) in [7, 11) is 1.93. The second kappa shape index (κ2) is 13.6. The molecule has 1 N–H and O–H groups in total. The Hall–Kier alpha value is -3.87. The number of nitrogens with zero attached hydrogens (tertiary/aromatic N) is 4. The Morgan fingerprint density at radius 3 is 2.39 bits per heavy atom. The predicted molar refractivity (Wildman–Crippen MR) is 142 cm³/mol. The van der Waals surface area contributed by atoms with Gasteiger partial charge in [-0.2, -0.15) is 18.4 Å². The molecule has 1 saturated heterocycles. The molecule has 2 amide bonds. The Labute approximate surface area is 221 Å². The average Bonchev–Trinajstić information content (AvgIpc) is 3.32. The van der Waals surface area contributed by atoms with Crippen LogP contribution in [-0.2, 0) is 11.8 Å². The monoisotopic (exact) mass is 529 g/mol. The zero-order valence-electron chi connectivity index (χ0n) is 22.4. The van der Waals surface area contributed by atoms with Crippen molar-refractivity contribution in [3.05, 3.63) is 59.4 Å². The minimum Gasteiger partial charge on any atom is -0.342 e. The van der Waals surface area contributed by atoms with Gasteiger partial charge in [-0.15, -0.1) is 0 Å². The molecule has 0 bridgehead atoms. The van der Waals surface area contributed by atoms with Crippen LogP contribution in [0.4, 0.5) is 18.9 Å². The quantitative estimate of drug-likeness (QED) is 0.436. The van der Waals surface area contributed by atoms with E-state index in [9.17, 15) is 22.8 Å². The average molecular weight is 530 g/mol. The fraction of sp³-hybridized carbons (Fsp3) is 0.429. The van der Waals surface area contributed by atoms with Crippen molar-refractivity contribution in [2.24, 2.45) is 13.0 Å². The first-order valence-electron chi connectivity index (χ1n) is 12.6. The number of anilines is 1. The summed E-state index contributed by atoms with van der Waals surface area (Å²) in [5, 5.41) is 12.8. The van der Waals surface area contributed by atoms with Gasteiger partial charge in [-0.3, -0.25) is 9.59 Å². The summed E-state index contributed by atoms with van der Waals surface area (Å²) in [4.78, 5) is 29.4. The summed E-state index contributed by atoms with van der Waals surface area (Å²) in [6.07, 6.45) is 1.82. The van der Waals surface area contributed by atoms with Gasteiger partial charge in [0.1, 0.15) is 11.6 Å². The van der Waals surface area contributed by atoms with E-state index < -0.39 is 18.0 Å². The van der Waals surface area contributed by atoms with Gasteiger partial charge in [-0.25, -0.2) is 4.98 Å². The van der Waals surface area contributed by atoms with E-state index in [1.54, 1.807) is 30.5 Å². The first-order valence-corrected chi connectivity index (χ1v) is 12.6. The van der Waals surface area contributed by atoms with Crippen molar-refractivity contribution >= 4 is 28.5 Å². The number of carbonyl (C=O) groups is 2. The number of halogens is 3. The third kappa shape index (κ3) is 7.57. The molecule has 1 aliphatic heterocycles. The van der Waals surface area contributed by atoms with E-state index in [1.165, 1.54) is 4.90 Å². The Bertz CT molecular complexity index is 1290. The van der Waals surface area contributed by atoms with Crippen molar-refractivity contribution in [3.8, 4) is 6.07 Å².